The third-order valence-electron chi connectivity index (χ3n) is 7.97. The first kappa shape index (κ1) is 23.3. The topological polar surface area (TPSA) is 79.6 Å². The number of hydrogen-bond acceptors (Lipinski definition) is 5. The van der Waals surface area contributed by atoms with Crippen LogP contribution in [0.1, 0.15) is 31.7 Å². The van der Waals surface area contributed by atoms with E-state index in [0.717, 1.165) is 0 Å². The molecule has 0 spiro atoms. The lowest BCUT2D eigenvalue weighted by Gasteiger charge is -2.31. The van der Waals surface area contributed by atoms with Crippen LogP contribution < -0.4 is 9.64 Å². The van der Waals surface area contributed by atoms with E-state index in [4.69, 9.17) is 32.7 Å². The molecule has 3 heterocycles. The minimum absolute atomic E-state index is 0.247. The standard InChI is InChI=1S/C28H22Cl2N2O4/c1-27-11-12-28(36-27,13-14-35-21-8-4-7-19(29)24(21)30)23-22(27)25(33)32(26(23)34)20-10-9-16(15-31)17-5-2-3-6-18(17)20/h2-10,22-23H,11-14H2,1H3/t22-,23+,27-,28-/m0/s1. The molecule has 36 heavy (non-hydrogen) atoms. The molecule has 8 heteroatoms. The first-order valence-corrected chi connectivity index (χ1v) is 12.6. The van der Waals surface area contributed by atoms with Crippen LogP contribution in [0.3, 0.4) is 0 Å². The lowest BCUT2D eigenvalue weighted by Crippen LogP contribution is -2.43. The van der Waals surface area contributed by atoms with Gasteiger partial charge in [-0.05, 0) is 44.0 Å². The van der Waals surface area contributed by atoms with Crippen LogP contribution in [0.5, 0.6) is 5.75 Å². The van der Waals surface area contributed by atoms with Gasteiger partial charge in [0.1, 0.15) is 10.8 Å². The quantitative estimate of drug-likeness (QED) is 0.390. The third-order valence-corrected chi connectivity index (χ3v) is 8.77. The molecule has 3 aliphatic heterocycles. The number of benzene rings is 3. The lowest BCUT2D eigenvalue weighted by atomic mass is 9.67. The number of nitrogens with zero attached hydrogens (tertiary/aromatic N) is 2. The molecule has 3 saturated heterocycles. The highest BCUT2D eigenvalue weighted by atomic mass is 35.5. The van der Waals surface area contributed by atoms with Gasteiger partial charge in [0.15, 0.2) is 0 Å². The van der Waals surface area contributed by atoms with Gasteiger partial charge in [-0.2, -0.15) is 5.26 Å². The molecular weight excluding hydrogens is 499 g/mol. The van der Waals surface area contributed by atoms with Crippen molar-refractivity contribution >= 4 is 51.5 Å². The molecule has 3 aromatic rings. The molecule has 182 valence electrons. The fraction of sp³-hybridized carbons (Fsp3) is 0.321. The van der Waals surface area contributed by atoms with E-state index in [-0.39, 0.29) is 18.4 Å². The molecule has 2 bridgehead atoms. The number of hydrogen-bond donors (Lipinski definition) is 0. The van der Waals surface area contributed by atoms with Crippen molar-refractivity contribution in [2.24, 2.45) is 11.8 Å². The molecule has 0 unspecified atom stereocenters. The van der Waals surface area contributed by atoms with Gasteiger partial charge >= 0.3 is 0 Å². The smallest absolute Gasteiger partial charge is 0.240 e. The predicted octanol–water partition coefficient (Wildman–Crippen LogP) is 5.91. The number of ether oxygens (including phenoxy) is 2. The number of imide groups is 1. The minimum atomic E-state index is -0.797. The average molecular weight is 521 g/mol. The molecule has 4 atom stereocenters. The van der Waals surface area contributed by atoms with Crippen LogP contribution in [0, 0.1) is 23.2 Å². The Bertz CT molecular complexity index is 1480. The van der Waals surface area contributed by atoms with E-state index < -0.39 is 23.0 Å². The predicted molar refractivity (Wildman–Crippen MR) is 136 cm³/mol. The van der Waals surface area contributed by atoms with Crippen LogP contribution in [0.15, 0.2) is 54.6 Å². The summed E-state index contributed by atoms with van der Waals surface area (Å²) in [6, 6.07) is 18.1. The second kappa shape index (κ2) is 8.21. The Balaban J connectivity index is 1.33. The summed E-state index contributed by atoms with van der Waals surface area (Å²) in [4.78, 5) is 29.1. The van der Waals surface area contributed by atoms with Gasteiger partial charge in [-0.3, -0.25) is 9.59 Å². The molecule has 0 N–H and O–H groups in total. The molecule has 0 radical (unpaired) electrons. The molecule has 6 rings (SSSR count). The average Bonchev–Trinajstić information content (AvgIpc) is 3.45. The zero-order chi connectivity index (χ0) is 25.2. The molecular formula is C28H22Cl2N2O4. The minimum Gasteiger partial charge on any atom is -0.492 e. The Kier molecular flexibility index (Phi) is 5.31. The molecule has 3 aliphatic rings. The molecule has 6 nitrogen and oxygen atoms in total. The summed E-state index contributed by atoms with van der Waals surface area (Å²) in [6.45, 7) is 2.19. The second-order valence-electron chi connectivity index (χ2n) is 9.89. The summed E-state index contributed by atoms with van der Waals surface area (Å²) in [5, 5.41) is 11.7. The van der Waals surface area contributed by atoms with Gasteiger partial charge in [0.25, 0.3) is 0 Å². The van der Waals surface area contributed by atoms with Gasteiger partial charge in [0.05, 0.1) is 52.0 Å². The van der Waals surface area contributed by atoms with Crippen molar-refractivity contribution in [3.05, 3.63) is 70.2 Å². The molecule has 0 saturated carbocycles. The Morgan fingerprint density at radius 2 is 1.78 bits per heavy atom. The lowest BCUT2D eigenvalue weighted by molar-refractivity contribution is -0.131. The Hall–Kier alpha value is -3.11. The number of anilines is 1. The highest BCUT2D eigenvalue weighted by Gasteiger charge is 2.73. The fourth-order valence-electron chi connectivity index (χ4n) is 6.35. The van der Waals surface area contributed by atoms with Gasteiger partial charge in [-0.1, -0.05) is 53.5 Å². The summed E-state index contributed by atoms with van der Waals surface area (Å²) >= 11 is 12.4. The van der Waals surface area contributed by atoms with E-state index in [9.17, 15) is 14.9 Å². The highest BCUT2D eigenvalue weighted by Crippen LogP contribution is 2.62. The number of nitriles is 1. The number of halogens is 2. The first-order valence-electron chi connectivity index (χ1n) is 11.9. The summed E-state index contributed by atoms with van der Waals surface area (Å²) in [7, 11) is 0. The summed E-state index contributed by atoms with van der Waals surface area (Å²) < 4.78 is 12.4. The Labute approximate surface area is 218 Å². The summed E-state index contributed by atoms with van der Waals surface area (Å²) in [5.74, 6) is -1.21. The zero-order valence-corrected chi connectivity index (χ0v) is 21.0. The van der Waals surface area contributed by atoms with Gasteiger partial charge in [0.2, 0.25) is 11.8 Å². The number of carbonyl (C=O) groups excluding carboxylic acids is 2. The Morgan fingerprint density at radius 1 is 1.03 bits per heavy atom. The van der Waals surface area contributed by atoms with E-state index in [1.807, 2.05) is 31.2 Å². The van der Waals surface area contributed by atoms with E-state index >= 15 is 0 Å². The molecule has 3 fully saturated rings. The van der Waals surface area contributed by atoms with Crippen molar-refractivity contribution in [3.8, 4) is 11.8 Å². The number of amides is 2. The summed E-state index contributed by atoms with van der Waals surface area (Å²) in [5.41, 5.74) is -0.511. The number of rotatable bonds is 5. The molecule has 3 aromatic carbocycles. The van der Waals surface area contributed by atoms with Gasteiger partial charge in [-0.15, -0.1) is 0 Å². The van der Waals surface area contributed by atoms with Crippen molar-refractivity contribution in [1.82, 2.24) is 0 Å². The van der Waals surface area contributed by atoms with Gasteiger partial charge in [-0.25, -0.2) is 4.90 Å². The highest BCUT2D eigenvalue weighted by molar-refractivity contribution is 6.42. The normalized spacial score (nSPS) is 28.6. The summed E-state index contributed by atoms with van der Waals surface area (Å²) in [6.07, 6.45) is 1.79. The van der Waals surface area contributed by atoms with Crippen molar-refractivity contribution in [3.63, 3.8) is 0 Å². The van der Waals surface area contributed by atoms with E-state index in [0.29, 0.717) is 57.1 Å². The monoisotopic (exact) mass is 520 g/mol. The SMILES string of the molecule is C[C@@]12CC[C@@](CCOc3cccc(Cl)c3Cl)(O1)[C@H]1C(=O)N(c3ccc(C#N)c4ccccc34)C(=O)[C@H]12. The maximum absolute atomic E-state index is 13.9. The van der Waals surface area contributed by atoms with Crippen LogP contribution >= 0.6 is 23.2 Å². The Morgan fingerprint density at radius 3 is 2.56 bits per heavy atom. The van der Waals surface area contributed by atoms with Gasteiger partial charge < -0.3 is 9.47 Å². The second-order valence-corrected chi connectivity index (χ2v) is 10.7. The first-order chi connectivity index (χ1) is 17.3. The van der Waals surface area contributed by atoms with Crippen LogP contribution in [-0.2, 0) is 14.3 Å². The van der Waals surface area contributed by atoms with E-state index in [1.165, 1.54) is 4.90 Å². The van der Waals surface area contributed by atoms with Crippen LogP contribution in [0.2, 0.25) is 10.0 Å². The van der Waals surface area contributed by atoms with E-state index in [1.54, 1.807) is 30.3 Å². The number of fused-ring (bicyclic) bond motifs is 6. The number of carbonyl (C=O) groups is 2. The molecule has 2 amide bonds. The zero-order valence-electron chi connectivity index (χ0n) is 19.5. The maximum Gasteiger partial charge on any atom is 0.240 e. The molecule has 0 aliphatic carbocycles. The van der Waals surface area contributed by atoms with Crippen molar-refractivity contribution in [2.45, 2.75) is 37.4 Å². The molecule has 0 aromatic heterocycles. The van der Waals surface area contributed by atoms with E-state index in [2.05, 4.69) is 6.07 Å². The van der Waals surface area contributed by atoms with Crippen molar-refractivity contribution in [2.75, 3.05) is 11.5 Å². The van der Waals surface area contributed by atoms with Crippen molar-refractivity contribution < 1.29 is 19.1 Å². The van der Waals surface area contributed by atoms with Crippen LogP contribution in [0.25, 0.3) is 10.8 Å². The fourth-order valence-corrected chi connectivity index (χ4v) is 6.70. The van der Waals surface area contributed by atoms with Crippen LogP contribution in [0.4, 0.5) is 5.69 Å². The van der Waals surface area contributed by atoms with Gasteiger partial charge in [0, 0.05) is 17.2 Å². The maximum atomic E-state index is 13.9. The van der Waals surface area contributed by atoms with Crippen LogP contribution in [-0.4, -0.2) is 29.6 Å². The third kappa shape index (κ3) is 3.20. The largest absolute Gasteiger partial charge is 0.492 e. The van der Waals surface area contributed by atoms with Crippen molar-refractivity contribution in [1.29, 1.82) is 5.26 Å².